The lowest BCUT2D eigenvalue weighted by atomic mass is 10.2. The summed E-state index contributed by atoms with van der Waals surface area (Å²) in [4.78, 5) is 16.3. The van der Waals surface area contributed by atoms with Gasteiger partial charge in [-0.1, -0.05) is 0 Å². The number of ether oxygens (including phenoxy) is 1. The average Bonchev–Trinajstić information content (AvgIpc) is 3.33. The summed E-state index contributed by atoms with van der Waals surface area (Å²) in [6, 6.07) is 7.30. The lowest BCUT2D eigenvalue weighted by Crippen LogP contribution is -2.30. The van der Waals surface area contributed by atoms with E-state index in [2.05, 4.69) is 25.8 Å². The van der Waals surface area contributed by atoms with Crippen LogP contribution in [0.1, 0.15) is 37.9 Å². The summed E-state index contributed by atoms with van der Waals surface area (Å²) in [6.45, 7) is 3.90. The second kappa shape index (κ2) is 7.92. The Kier molecular flexibility index (Phi) is 5.43. The van der Waals surface area contributed by atoms with Gasteiger partial charge in [0.2, 0.25) is 0 Å². The van der Waals surface area contributed by atoms with Gasteiger partial charge >= 0.3 is 6.03 Å². The zero-order valence-corrected chi connectivity index (χ0v) is 13.8. The number of amides is 2. The van der Waals surface area contributed by atoms with Gasteiger partial charge in [0.15, 0.2) is 5.82 Å². The van der Waals surface area contributed by atoms with Gasteiger partial charge in [0.05, 0.1) is 0 Å². The molecule has 1 fully saturated rings. The van der Waals surface area contributed by atoms with Crippen molar-refractivity contribution >= 4 is 11.7 Å². The second-order valence-corrected chi connectivity index (χ2v) is 5.83. The molecule has 0 aliphatic heterocycles. The van der Waals surface area contributed by atoms with Crippen LogP contribution in [0, 0.1) is 0 Å². The summed E-state index contributed by atoms with van der Waals surface area (Å²) in [6.07, 6.45) is 3.18. The van der Waals surface area contributed by atoms with E-state index in [-0.39, 0.29) is 6.03 Å². The van der Waals surface area contributed by atoms with Crippen molar-refractivity contribution in [2.24, 2.45) is 0 Å². The van der Waals surface area contributed by atoms with Crippen molar-refractivity contribution in [3.05, 3.63) is 30.1 Å². The van der Waals surface area contributed by atoms with Gasteiger partial charge in [-0.2, -0.15) is 5.10 Å². The summed E-state index contributed by atoms with van der Waals surface area (Å²) < 4.78 is 5.22. The van der Waals surface area contributed by atoms with Crippen molar-refractivity contribution in [3.8, 4) is 11.4 Å². The van der Waals surface area contributed by atoms with E-state index in [1.807, 2.05) is 31.2 Å². The molecule has 1 saturated carbocycles. The number of H-pyrrole nitrogens is 1. The van der Waals surface area contributed by atoms with Gasteiger partial charge in [0.25, 0.3) is 0 Å². The molecule has 0 saturated heterocycles. The van der Waals surface area contributed by atoms with Gasteiger partial charge in [0.1, 0.15) is 5.82 Å². The lowest BCUT2D eigenvalue weighted by Gasteiger charge is -2.08. The Hall–Kier alpha value is -2.41. The number of urea groups is 1. The summed E-state index contributed by atoms with van der Waals surface area (Å²) in [7, 11) is 0. The summed E-state index contributed by atoms with van der Waals surface area (Å²) in [5.74, 6) is 2.22. The molecule has 0 radical (unpaired) electrons. The molecule has 0 spiro atoms. The molecule has 1 heterocycles. The van der Waals surface area contributed by atoms with E-state index < -0.39 is 0 Å². The van der Waals surface area contributed by atoms with Gasteiger partial charge in [-0.3, -0.25) is 5.10 Å². The zero-order valence-electron chi connectivity index (χ0n) is 13.8. The van der Waals surface area contributed by atoms with E-state index in [0.29, 0.717) is 31.5 Å². The number of carbonyl (C=O) groups excluding carboxylic acids is 1. The summed E-state index contributed by atoms with van der Waals surface area (Å²) >= 11 is 0. The van der Waals surface area contributed by atoms with E-state index in [1.165, 1.54) is 12.8 Å². The number of hydrogen-bond acceptors (Lipinski definition) is 4. The molecule has 3 rings (SSSR count). The van der Waals surface area contributed by atoms with Gasteiger partial charge in [0, 0.05) is 36.9 Å². The fourth-order valence-corrected chi connectivity index (χ4v) is 2.34. The first-order chi connectivity index (χ1) is 11.8. The number of aromatic amines is 1. The Morgan fingerprint density at radius 2 is 2.12 bits per heavy atom. The Labute approximate surface area is 141 Å². The van der Waals surface area contributed by atoms with Gasteiger partial charge in [-0.25, -0.2) is 9.78 Å². The second-order valence-electron chi connectivity index (χ2n) is 5.83. The molecule has 1 aromatic heterocycles. The molecule has 2 aromatic rings. The van der Waals surface area contributed by atoms with Crippen LogP contribution in [0.4, 0.5) is 10.5 Å². The SMILES string of the molecule is CCOCCCNC(=O)Nc1ccc(-c2n[nH]c(C3CC3)n2)cc1. The van der Waals surface area contributed by atoms with E-state index in [1.54, 1.807) is 0 Å². The molecule has 24 heavy (non-hydrogen) atoms. The molecule has 0 unspecified atom stereocenters. The van der Waals surface area contributed by atoms with Crippen LogP contribution in [0.2, 0.25) is 0 Å². The monoisotopic (exact) mass is 329 g/mol. The first kappa shape index (κ1) is 16.4. The molecule has 0 bridgehead atoms. The van der Waals surface area contributed by atoms with Crippen LogP contribution in [0.15, 0.2) is 24.3 Å². The summed E-state index contributed by atoms with van der Waals surface area (Å²) in [5.41, 5.74) is 1.67. The highest BCUT2D eigenvalue weighted by Gasteiger charge is 2.27. The number of nitrogens with one attached hydrogen (secondary N) is 3. The fraction of sp³-hybridized carbons (Fsp3) is 0.471. The van der Waals surface area contributed by atoms with Gasteiger partial charge < -0.3 is 15.4 Å². The number of rotatable bonds is 8. The number of anilines is 1. The molecule has 1 aliphatic rings. The molecule has 1 aromatic carbocycles. The predicted octanol–water partition coefficient (Wildman–Crippen LogP) is 2.90. The quantitative estimate of drug-likeness (QED) is 0.649. The standard InChI is InChI=1S/C17H23N5O2/c1-2-24-11-3-10-18-17(23)19-14-8-6-13(7-9-14)16-20-15(21-22-16)12-4-5-12/h6-9,12H,2-5,10-11H2,1H3,(H2,18,19,23)(H,20,21,22). The van der Waals surface area contributed by atoms with Crippen LogP contribution < -0.4 is 10.6 Å². The fourth-order valence-electron chi connectivity index (χ4n) is 2.34. The average molecular weight is 329 g/mol. The minimum atomic E-state index is -0.215. The maximum atomic E-state index is 11.8. The minimum Gasteiger partial charge on any atom is -0.382 e. The van der Waals surface area contributed by atoms with Crippen LogP contribution in [0.25, 0.3) is 11.4 Å². The predicted molar refractivity (Wildman–Crippen MR) is 91.9 cm³/mol. The molecule has 0 atom stereocenters. The number of nitrogens with zero attached hydrogens (tertiary/aromatic N) is 2. The molecular weight excluding hydrogens is 306 g/mol. The first-order valence-corrected chi connectivity index (χ1v) is 8.41. The lowest BCUT2D eigenvalue weighted by molar-refractivity contribution is 0.145. The molecule has 1 aliphatic carbocycles. The van der Waals surface area contributed by atoms with E-state index in [4.69, 9.17) is 4.74 Å². The Morgan fingerprint density at radius 3 is 2.83 bits per heavy atom. The highest BCUT2D eigenvalue weighted by molar-refractivity contribution is 5.89. The maximum Gasteiger partial charge on any atom is 0.319 e. The Morgan fingerprint density at radius 1 is 1.33 bits per heavy atom. The number of carbonyl (C=O) groups is 1. The van der Waals surface area contributed by atoms with Gasteiger partial charge in [-0.05, 0) is 50.5 Å². The van der Waals surface area contributed by atoms with Crippen LogP contribution in [-0.2, 0) is 4.74 Å². The van der Waals surface area contributed by atoms with E-state index in [0.717, 1.165) is 23.5 Å². The van der Waals surface area contributed by atoms with Crippen molar-refractivity contribution in [1.29, 1.82) is 0 Å². The van der Waals surface area contributed by atoms with E-state index >= 15 is 0 Å². The van der Waals surface area contributed by atoms with Crippen molar-refractivity contribution in [2.75, 3.05) is 25.1 Å². The molecule has 2 amide bonds. The third-order valence-corrected chi connectivity index (χ3v) is 3.82. The zero-order chi connectivity index (χ0) is 16.8. The summed E-state index contributed by atoms with van der Waals surface area (Å²) in [5, 5.41) is 12.9. The van der Waals surface area contributed by atoms with Crippen molar-refractivity contribution in [1.82, 2.24) is 20.5 Å². The van der Waals surface area contributed by atoms with Crippen molar-refractivity contribution in [3.63, 3.8) is 0 Å². The minimum absolute atomic E-state index is 0.215. The largest absolute Gasteiger partial charge is 0.382 e. The highest BCUT2D eigenvalue weighted by Crippen LogP contribution is 2.38. The van der Waals surface area contributed by atoms with Crippen molar-refractivity contribution in [2.45, 2.75) is 32.1 Å². The smallest absolute Gasteiger partial charge is 0.319 e. The van der Waals surface area contributed by atoms with Crippen LogP contribution in [0.5, 0.6) is 0 Å². The maximum absolute atomic E-state index is 11.8. The third-order valence-electron chi connectivity index (χ3n) is 3.82. The van der Waals surface area contributed by atoms with E-state index in [9.17, 15) is 4.79 Å². The Bertz CT molecular complexity index is 664. The molecular formula is C17H23N5O2. The normalized spacial score (nSPS) is 13.7. The number of benzene rings is 1. The molecule has 7 nitrogen and oxygen atoms in total. The molecule has 128 valence electrons. The topological polar surface area (TPSA) is 91.9 Å². The molecule has 3 N–H and O–H groups in total. The number of aromatic nitrogens is 3. The van der Waals surface area contributed by atoms with Crippen LogP contribution >= 0.6 is 0 Å². The van der Waals surface area contributed by atoms with Gasteiger partial charge in [-0.15, -0.1) is 0 Å². The highest BCUT2D eigenvalue weighted by atomic mass is 16.5. The number of hydrogen-bond donors (Lipinski definition) is 3. The van der Waals surface area contributed by atoms with Crippen LogP contribution in [-0.4, -0.2) is 41.0 Å². The molecule has 7 heteroatoms. The Balaban J connectivity index is 1.47. The third kappa shape index (κ3) is 4.55. The first-order valence-electron chi connectivity index (χ1n) is 8.41. The van der Waals surface area contributed by atoms with Crippen molar-refractivity contribution < 1.29 is 9.53 Å². The van der Waals surface area contributed by atoms with Crippen LogP contribution in [0.3, 0.4) is 0 Å².